The molecule has 8 nitrogen and oxygen atoms in total. The molecule has 0 saturated heterocycles. The predicted molar refractivity (Wildman–Crippen MR) is 57.9 cm³/mol. The molecule has 8 heteroatoms. The lowest BCUT2D eigenvalue weighted by Gasteiger charge is -2.16. The van der Waals surface area contributed by atoms with Gasteiger partial charge < -0.3 is 4.90 Å². The van der Waals surface area contributed by atoms with Crippen molar-refractivity contribution in [2.75, 3.05) is 19.0 Å². The average Bonchev–Trinajstić information content (AvgIpc) is 2.18. The second-order valence-electron chi connectivity index (χ2n) is 3.53. The third-order valence-corrected chi connectivity index (χ3v) is 2.22. The summed E-state index contributed by atoms with van der Waals surface area (Å²) in [6.07, 6.45) is 0. The molecule has 0 aliphatic heterocycles. The molecule has 0 atom stereocenters. The second kappa shape index (κ2) is 3.80. The molecule has 0 fully saturated rings. The van der Waals surface area contributed by atoms with Gasteiger partial charge in [0.25, 0.3) is 0 Å². The van der Waals surface area contributed by atoms with Gasteiger partial charge in [0.1, 0.15) is 0 Å². The Morgan fingerprint density at radius 3 is 2.06 bits per heavy atom. The molecular weight excluding hydrogens is 216 g/mol. The SMILES string of the molecule is CN(C)c1c([N+](=O)[O-])c(=O)n(C)c(=O)n1C. The highest BCUT2D eigenvalue weighted by atomic mass is 16.6. The lowest BCUT2D eigenvalue weighted by molar-refractivity contribution is -0.386. The van der Waals surface area contributed by atoms with E-state index >= 15 is 0 Å². The zero-order chi connectivity index (χ0) is 12.6. The van der Waals surface area contributed by atoms with Crippen LogP contribution in [0.4, 0.5) is 11.5 Å². The van der Waals surface area contributed by atoms with Crippen molar-refractivity contribution in [3.05, 3.63) is 31.0 Å². The van der Waals surface area contributed by atoms with Gasteiger partial charge in [-0.3, -0.25) is 24.0 Å². The first-order valence-corrected chi connectivity index (χ1v) is 4.40. The molecule has 16 heavy (non-hydrogen) atoms. The number of anilines is 1. The molecule has 0 amide bonds. The fraction of sp³-hybridized carbons (Fsp3) is 0.500. The minimum atomic E-state index is -0.906. The highest BCUT2D eigenvalue weighted by molar-refractivity contribution is 5.56. The maximum atomic E-state index is 11.6. The van der Waals surface area contributed by atoms with E-state index in [2.05, 4.69) is 0 Å². The fourth-order valence-electron chi connectivity index (χ4n) is 1.49. The van der Waals surface area contributed by atoms with Crippen molar-refractivity contribution in [1.29, 1.82) is 0 Å². The van der Waals surface area contributed by atoms with Crippen molar-refractivity contribution in [3.63, 3.8) is 0 Å². The monoisotopic (exact) mass is 228 g/mol. The summed E-state index contributed by atoms with van der Waals surface area (Å²) in [4.78, 5) is 34.6. The summed E-state index contributed by atoms with van der Waals surface area (Å²) in [5.41, 5.74) is -2.11. The Morgan fingerprint density at radius 1 is 1.19 bits per heavy atom. The third-order valence-electron chi connectivity index (χ3n) is 2.22. The van der Waals surface area contributed by atoms with Gasteiger partial charge in [-0.15, -0.1) is 0 Å². The molecule has 88 valence electrons. The summed E-state index contributed by atoms with van der Waals surface area (Å²) in [5.74, 6) is -0.0156. The Bertz CT molecular complexity index is 554. The third kappa shape index (κ3) is 1.58. The molecule has 1 aromatic heterocycles. The van der Waals surface area contributed by atoms with Crippen LogP contribution in [0.15, 0.2) is 9.59 Å². The van der Waals surface area contributed by atoms with Crippen molar-refractivity contribution in [2.24, 2.45) is 14.1 Å². The largest absolute Gasteiger partial charge is 0.374 e. The summed E-state index contributed by atoms with van der Waals surface area (Å²) in [5, 5.41) is 10.8. The highest BCUT2D eigenvalue weighted by Crippen LogP contribution is 2.19. The zero-order valence-electron chi connectivity index (χ0n) is 9.42. The Labute approximate surface area is 90.5 Å². The van der Waals surface area contributed by atoms with Crippen LogP contribution in [-0.4, -0.2) is 28.2 Å². The van der Waals surface area contributed by atoms with Gasteiger partial charge in [0.15, 0.2) is 5.82 Å². The van der Waals surface area contributed by atoms with Crippen molar-refractivity contribution < 1.29 is 4.92 Å². The van der Waals surface area contributed by atoms with Crippen molar-refractivity contribution in [1.82, 2.24) is 9.13 Å². The van der Waals surface area contributed by atoms with E-state index in [0.717, 1.165) is 4.57 Å². The van der Waals surface area contributed by atoms with Gasteiger partial charge in [0.2, 0.25) is 0 Å². The average molecular weight is 228 g/mol. The Hall–Kier alpha value is -2.12. The van der Waals surface area contributed by atoms with E-state index in [-0.39, 0.29) is 5.82 Å². The minimum absolute atomic E-state index is 0.0156. The van der Waals surface area contributed by atoms with E-state index in [1.165, 1.54) is 33.1 Å². The number of aromatic nitrogens is 2. The Morgan fingerprint density at radius 2 is 1.69 bits per heavy atom. The summed E-state index contributed by atoms with van der Waals surface area (Å²) in [6.45, 7) is 0. The van der Waals surface area contributed by atoms with Crippen LogP contribution in [0.3, 0.4) is 0 Å². The standard InChI is InChI=1S/C8H12N4O4/c1-9(2)6-5(12(15)16)7(13)11(4)8(14)10(6)3/h1-4H3. The maximum Gasteiger partial charge on any atom is 0.374 e. The van der Waals surface area contributed by atoms with Crippen LogP contribution in [-0.2, 0) is 14.1 Å². The summed E-state index contributed by atoms with van der Waals surface area (Å²) < 4.78 is 1.78. The van der Waals surface area contributed by atoms with E-state index in [0.29, 0.717) is 4.57 Å². The number of hydrogen-bond donors (Lipinski definition) is 0. The topological polar surface area (TPSA) is 90.4 Å². The van der Waals surface area contributed by atoms with Crippen LogP contribution in [0, 0.1) is 10.1 Å². The molecule has 1 rings (SSSR count). The van der Waals surface area contributed by atoms with E-state index in [1.807, 2.05) is 0 Å². The van der Waals surface area contributed by atoms with Gasteiger partial charge >= 0.3 is 16.9 Å². The van der Waals surface area contributed by atoms with Gasteiger partial charge in [-0.2, -0.15) is 0 Å². The summed E-state index contributed by atoms with van der Waals surface area (Å²) in [6, 6.07) is 0. The normalized spacial score (nSPS) is 10.2. The number of rotatable bonds is 2. The van der Waals surface area contributed by atoms with E-state index in [4.69, 9.17) is 0 Å². The van der Waals surface area contributed by atoms with E-state index in [1.54, 1.807) is 0 Å². The Kier molecular flexibility index (Phi) is 2.84. The van der Waals surface area contributed by atoms with Crippen LogP contribution in [0.25, 0.3) is 0 Å². The van der Waals surface area contributed by atoms with Gasteiger partial charge in [-0.05, 0) is 0 Å². The van der Waals surface area contributed by atoms with Crippen LogP contribution < -0.4 is 16.1 Å². The maximum absolute atomic E-state index is 11.6. The summed E-state index contributed by atoms with van der Waals surface area (Å²) in [7, 11) is 5.64. The van der Waals surface area contributed by atoms with Gasteiger partial charge in [0.05, 0.1) is 4.92 Å². The van der Waals surface area contributed by atoms with Gasteiger partial charge in [-0.25, -0.2) is 4.79 Å². The van der Waals surface area contributed by atoms with Crippen molar-refractivity contribution in [2.45, 2.75) is 0 Å². The molecule has 0 bridgehead atoms. The van der Waals surface area contributed by atoms with Crippen molar-refractivity contribution >= 4 is 11.5 Å². The first kappa shape index (κ1) is 12.0. The molecule has 0 aliphatic carbocycles. The van der Waals surface area contributed by atoms with Gasteiger partial charge in [-0.1, -0.05) is 0 Å². The first-order valence-electron chi connectivity index (χ1n) is 4.40. The van der Waals surface area contributed by atoms with Crippen LogP contribution in [0.2, 0.25) is 0 Å². The number of nitro groups is 1. The van der Waals surface area contributed by atoms with E-state index in [9.17, 15) is 19.7 Å². The van der Waals surface area contributed by atoms with Crippen LogP contribution in [0.5, 0.6) is 0 Å². The van der Waals surface area contributed by atoms with Crippen molar-refractivity contribution in [3.8, 4) is 0 Å². The zero-order valence-corrected chi connectivity index (χ0v) is 9.42. The Balaban J connectivity index is 3.92. The smallest absolute Gasteiger partial charge is 0.358 e. The lowest BCUT2D eigenvalue weighted by Crippen LogP contribution is -2.40. The molecule has 1 aromatic rings. The van der Waals surface area contributed by atoms with Gasteiger partial charge in [0, 0.05) is 28.2 Å². The fourth-order valence-corrected chi connectivity index (χ4v) is 1.49. The molecule has 1 heterocycles. The molecule has 0 aromatic carbocycles. The summed E-state index contributed by atoms with van der Waals surface area (Å²) >= 11 is 0. The van der Waals surface area contributed by atoms with E-state index < -0.39 is 21.9 Å². The predicted octanol–water partition coefficient (Wildman–Crippen LogP) is -0.942. The number of hydrogen-bond acceptors (Lipinski definition) is 5. The molecule has 0 saturated carbocycles. The molecule has 0 N–H and O–H groups in total. The minimum Gasteiger partial charge on any atom is -0.358 e. The molecule has 0 spiro atoms. The molecule has 0 aliphatic rings. The molecular formula is C8H12N4O4. The quantitative estimate of drug-likeness (QED) is 0.481. The van der Waals surface area contributed by atoms with Crippen LogP contribution in [0.1, 0.15) is 0 Å². The first-order chi connectivity index (χ1) is 7.29. The molecule has 0 unspecified atom stereocenters. The number of nitrogens with zero attached hydrogens (tertiary/aromatic N) is 4. The molecule has 0 radical (unpaired) electrons. The lowest BCUT2D eigenvalue weighted by atomic mass is 10.4. The second-order valence-corrected chi connectivity index (χ2v) is 3.53. The highest BCUT2D eigenvalue weighted by Gasteiger charge is 2.26. The van der Waals surface area contributed by atoms with Crippen LogP contribution >= 0.6 is 0 Å².